The van der Waals surface area contributed by atoms with Gasteiger partial charge in [0.15, 0.2) is 5.79 Å². The first-order valence-corrected chi connectivity index (χ1v) is 12.1. The Hall–Kier alpha value is -1.88. The van der Waals surface area contributed by atoms with E-state index in [1.54, 1.807) is 6.07 Å². The van der Waals surface area contributed by atoms with Crippen LogP contribution in [0.3, 0.4) is 0 Å². The monoisotopic (exact) mass is 484 g/mol. The summed E-state index contributed by atoms with van der Waals surface area (Å²) in [6.45, 7) is 7.20. The average molecular weight is 485 g/mol. The van der Waals surface area contributed by atoms with Crippen LogP contribution in [0.15, 0.2) is 72.8 Å². The van der Waals surface area contributed by atoms with E-state index in [2.05, 4.69) is 43.3 Å². The van der Waals surface area contributed by atoms with E-state index in [0.29, 0.717) is 23.3 Å². The minimum atomic E-state index is -0.585. The highest BCUT2D eigenvalue weighted by molar-refractivity contribution is 6.35. The van der Waals surface area contributed by atoms with Crippen molar-refractivity contribution < 1.29 is 14.2 Å². The number of hydrogen-bond acceptors (Lipinski definition) is 3. The molecule has 33 heavy (non-hydrogen) atoms. The Morgan fingerprint density at radius 2 is 1.58 bits per heavy atom. The smallest absolute Gasteiger partial charge is 0.163 e. The lowest BCUT2D eigenvalue weighted by atomic mass is 9.91. The van der Waals surface area contributed by atoms with Crippen molar-refractivity contribution in [3.05, 3.63) is 94.0 Å². The Balaban J connectivity index is 1.46. The highest BCUT2D eigenvalue weighted by Gasteiger charge is 2.40. The predicted molar refractivity (Wildman–Crippen MR) is 135 cm³/mol. The molecule has 1 aliphatic rings. The third kappa shape index (κ3) is 6.59. The molecule has 0 aromatic heterocycles. The fraction of sp³-hybridized carbons (Fsp3) is 0.357. The van der Waals surface area contributed by atoms with Gasteiger partial charge in [-0.2, -0.15) is 0 Å². The quantitative estimate of drug-likeness (QED) is 0.329. The number of benzene rings is 3. The molecule has 0 unspecified atom stereocenters. The molecule has 1 fully saturated rings. The molecule has 3 aromatic rings. The minimum absolute atomic E-state index is 0.0848. The molecule has 1 saturated heterocycles. The summed E-state index contributed by atoms with van der Waals surface area (Å²) in [5, 5.41) is 1.27. The molecule has 3 aromatic carbocycles. The van der Waals surface area contributed by atoms with Crippen molar-refractivity contribution in [1.29, 1.82) is 0 Å². The summed E-state index contributed by atoms with van der Waals surface area (Å²) in [6, 6.07) is 24.4. The molecule has 0 spiro atoms. The molecule has 1 heterocycles. The summed E-state index contributed by atoms with van der Waals surface area (Å²) in [7, 11) is 0. The van der Waals surface area contributed by atoms with Crippen molar-refractivity contribution in [3.63, 3.8) is 0 Å². The molecule has 174 valence electrons. The zero-order valence-corrected chi connectivity index (χ0v) is 20.8. The Bertz CT molecular complexity index is 1030. The van der Waals surface area contributed by atoms with E-state index in [1.165, 1.54) is 5.56 Å². The predicted octanol–water partition coefficient (Wildman–Crippen LogP) is 7.58. The van der Waals surface area contributed by atoms with Gasteiger partial charge in [-0.15, -0.1) is 0 Å². The average Bonchev–Trinajstić information content (AvgIpc) is 3.14. The molecule has 0 radical (unpaired) electrons. The first-order valence-electron chi connectivity index (χ1n) is 11.3. The van der Waals surface area contributed by atoms with Crippen molar-refractivity contribution in [2.45, 2.75) is 51.8 Å². The molecule has 5 heteroatoms. The maximum absolute atomic E-state index is 6.42. The normalized spacial score (nSPS) is 19.4. The summed E-state index contributed by atoms with van der Waals surface area (Å²) in [6.07, 6.45) is 0.682. The van der Waals surface area contributed by atoms with Crippen molar-refractivity contribution in [3.8, 4) is 11.1 Å². The third-order valence-electron chi connectivity index (χ3n) is 5.95. The van der Waals surface area contributed by atoms with Gasteiger partial charge < -0.3 is 14.2 Å². The lowest BCUT2D eigenvalue weighted by Gasteiger charge is -2.29. The zero-order valence-electron chi connectivity index (χ0n) is 19.3. The highest BCUT2D eigenvalue weighted by atomic mass is 35.5. The lowest BCUT2D eigenvalue weighted by Crippen LogP contribution is -2.38. The van der Waals surface area contributed by atoms with Crippen LogP contribution in [0.1, 0.15) is 31.9 Å². The van der Waals surface area contributed by atoms with Gasteiger partial charge >= 0.3 is 0 Å². The van der Waals surface area contributed by atoms with Crippen LogP contribution < -0.4 is 0 Å². The maximum atomic E-state index is 6.42. The fourth-order valence-corrected chi connectivity index (χ4v) is 4.85. The van der Waals surface area contributed by atoms with Crippen molar-refractivity contribution in [1.82, 2.24) is 0 Å². The van der Waals surface area contributed by atoms with Crippen molar-refractivity contribution in [2.75, 3.05) is 6.61 Å². The molecular formula is C28H30Cl2O3. The van der Waals surface area contributed by atoms with E-state index < -0.39 is 5.79 Å². The zero-order chi connectivity index (χ0) is 23.4. The summed E-state index contributed by atoms with van der Waals surface area (Å²) in [5.74, 6) is -0.346. The van der Waals surface area contributed by atoms with E-state index in [-0.39, 0.29) is 18.1 Å². The van der Waals surface area contributed by atoms with Crippen LogP contribution in [0.5, 0.6) is 0 Å². The SMILES string of the molecule is C[C@H](Cc1ccc(-c2cc(Cl)cc(Cl)c2)cc1)[C@H](OCc1ccccc1)[C@@H]1COC(C)(C)O1. The molecule has 0 N–H and O–H groups in total. The maximum Gasteiger partial charge on any atom is 0.163 e. The van der Waals surface area contributed by atoms with Gasteiger partial charge in [0, 0.05) is 10.0 Å². The standard InChI is InChI=1S/C28H30Cl2O3/c1-19(13-20-9-11-22(12-10-20)23-14-24(29)16-25(30)15-23)27(26-18-32-28(2,3)33-26)31-17-21-7-5-4-6-8-21/h4-12,14-16,19,26-27H,13,17-18H2,1-3H3/t19-,26+,27+/m1/s1. The van der Waals surface area contributed by atoms with Crippen molar-refractivity contribution >= 4 is 23.2 Å². The molecule has 0 aliphatic carbocycles. The Morgan fingerprint density at radius 3 is 2.18 bits per heavy atom. The van der Waals surface area contributed by atoms with Gasteiger partial charge in [-0.1, -0.05) is 84.7 Å². The number of ether oxygens (including phenoxy) is 3. The van der Waals surface area contributed by atoms with Gasteiger partial charge in [-0.3, -0.25) is 0 Å². The molecule has 4 rings (SSSR count). The molecule has 0 amide bonds. The van der Waals surface area contributed by atoms with Crippen LogP contribution in [-0.4, -0.2) is 24.6 Å². The molecule has 3 nitrogen and oxygen atoms in total. The van der Waals surface area contributed by atoms with Crippen LogP contribution >= 0.6 is 23.2 Å². The van der Waals surface area contributed by atoms with Crippen molar-refractivity contribution in [2.24, 2.45) is 5.92 Å². The summed E-state index contributed by atoms with van der Waals surface area (Å²) in [5.41, 5.74) is 4.49. The summed E-state index contributed by atoms with van der Waals surface area (Å²) in [4.78, 5) is 0. The van der Waals surface area contributed by atoms with Crippen LogP contribution in [0.4, 0.5) is 0 Å². The Morgan fingerprint density at radius 1 is 0.909 bits per heavy atom. The van der Waals surface area contributed by atoms with Crippen LogP contribution in [0, 0.1) is 5.92 Å². The van der Waals surface area contributed by atoms with E-state index in [4.69, 9.17) is 37.4 Å². The first-order chi connectivity index (χ1) is 15.8. The Labute approximate surface area is 206 Å². The number of hydrogen-bond donors (Lipinski definition) is 0. The van der Waals surface area contributed by atoms with Crippen LogP contribution in [0.25, 0.3) is 11.1 Å². The van der Waals surface area contributed by atoms with Crippen LogP contribution in [-0.2, 0) is 27.2 Å². The molecule has 1 aliphatic heterocycles. The number of halogens is 2. The van der Waals surface area contributed by atoms with E-state index >= 15 is 0 Å². The summed E-state index contributed by atoms with van der Waals surface area (Å²) < 4.78 is 18.5. The second kappa shape index (κ2) is 10.6. The molecule has 0 saturated carbocycles. The van der Waals surface area contributed by atoms with Crippen LogP contribution in [0.2, 0.25) is 10.0 Å². The number of rotatable bonds is 8. The van der Waals surface area contributed by atoms with Gasteiger partial charge in [0.1, 0.15) is 6.10 Å². The van der Waals surface area contributed by atoms with Gasteiger partial charge in [-0.25, -0.2) is 0 Å². The second-order valence-corrected chi connectivity index (χ2v) is 10.0. The third-order valence-corrected chi connectivity index (χ3v) is 6.39. The molecule has 3 atom stereocenters. The lowest BCUT2D eigenvalue weighted by molar-refractivity contribution is -0.163. The molecule has 0 bridgehead atoms. The summed E-state index contributed by atoms with van der Waals surface area (Å²) >= 11 is 12.3. The minimum Gasteiger partial charge on any atom is -0.370 e. The van der Waals surface area contributed by atoms with E-state index in [1.807, 2.05) is 44.2 Å². The topological polar surface area (TPSA) is 27.7 Å². The van der Waals surface area contributed by atoms with E-state index in [0.717, 1.165) is 23.1 Å². The largest absolute Gasteiger partial charge is 0.370 e. The van der Waals surface area contributed by atoms with Gasteiger partial charge in [-0.05, 0) is 66.6 Å². The first kappa shape index (κ1) is 24.3. The van der Waals surface area contributed by atoms with Gasteiger partial charge in [0.25, 0.3) is 0 Å². The molecular weight excluding hydrogens is 455 g/mol. The van der Waals surface area contributed by atoms with Gasteiger partial charge in [0.2, 0.25) is 0 Å². The second-order valence-electron chi connectivity index (χ2n) is 9.16. The van der Waals surface area contributed by atoms with E-state index in [9.17, 15) is 0 Å². The highest BCUT2D eigenvalue weighted by Crippen LogP contribution is 2.31. The fourth-order valence-electron chi connectivity index (χ4n) is 4.32. The Kier molecular flexibility index (Phi) is 7.78. The van der Waals surface area contributed by atoms with Gasteiger partial charge in [0.05, 0.1) is 19.3 Å².